The lowest BCUT2D eigenvalue weighted by molar-refractivity contribution is 0.140. The predicted molar refractivity (Wildman–Crippen MR) is 102 cm³/mol. The number of hydrogen-bond donors (Lipinski definition) is 0. The zero-order valence-electron chi connectivity index (χ0n) is 15.7. The Labute approximate surface area is 165 Å². The molecule has 0 amide bonds. The Kier molecular flexibility index (Phi) is 5.12. The van der Waals surface area contributed by atoms with Gasteiger partial charge in [0.2, 0.25) is 5.82 Å². The van der Waals surface area contributed by atoms with Crippen molar-refractivity contribution in [3.63, 3.8) is 0 Å². The van der Waals surface area contributed by atoms with E-state index >= 15 is 0 Å². The van der Waals surface area contributed by atoms with Crippen molar-refractivity contribution >= 4 is 17.7 Å². The van der Waals surface area contributed by atoms with Crippen LogP contribution in [0.4, 0.5) is 14.6 Å². The van der Waals surface area contributed by atoms with Crippen LogP contribution in [-0.2, 0) is 12.8 Å². The van der Waals surface area contributed by atoms with Gasteiger partial charge in [-0.3, -0.25) is 0 Å². The molecule has 0 spiro atoms. The first-order chi connectivity index (χ1) is 14.1. The van der Waals surface area contributed by atoms with Gasteiger partial charge in [-0.2, -0.15) is 10.4 Å². The van der Waals surface area contributed by atoms with E-state index in [1.807, 2.05) is 6.92 Å². The minimum Gasteiger partial charge on any atom is -0.243 e. The third-order valence-corrected chi connectivity index (χ3v) is 4.77. The van der Waals surface area contributed by atoms with Gasteiger partial charge in [0.1, 0.15) is 12.4 Å². The second-order valence-electron chi connectivity index (χ2n) is 6.68. The second kappa shape index (κ2) is 7.87. The van der Waals surface area contributed by atoms with E-state index in [1.165, 1.54) is 10.8 Å². The zero-order valence-corrected chi connectivity index (χ0v) is 15.7. The number of aromatic nitrogens is 5. The van der Waals surface area contributed by atoms with Crippen molar-refractivity contribution in [3.8, 4) is 6.07 Å². The fraction of sp³-hybridized carbons (Fsp3) is 0.368. The van der Waals surface area contributed by atoms with Crippen LogP contribution in [0.25, 0.3) is 5.65 Å². The highest BCUT2D eigenvalue weighted by Crippen LogP contribution is 2.27. The summed E-state index contributed by atoms with van der Waals surface area (Å²) in [6, 6.07) is 5.46. The van der Waals surface area contributed by atoms with Crippen molar-refractivity contribution in [2.75, 3.05) is 5.01 Å². The summed E-state index contributed by atoms with van der Waals surface area (Å²) in [6.07, 6.45) is 4.73. The van der Waals surface area contributed by atoms with Gasteiger partial charge in [0, 0.05) is 30.8 Å². The fourth-order valence-corrected chi connectivity index (χ4v) is 3.47. The molecule has 0 aliphatic carbocycles. The SMILES string of the molecule is CCCc1c(CC2CC=NN2c2ncccc2C#N)ncn2nc(C(F)F)nc12. The van der Waals surface area contributed by atoms with Crippen molar-refractivity contribution in [1.82, 2.24) is 24.6 Å². The van der Waals surface area contributed by atoms with Crippen LogP contribution >= 0.6 is 0 Å². The first kappa shape index (κ1) is 18.9. The Hall–Kier alpha value is -3.48. The van der Waals surface area contributed by atoms with E-state index in [9.17, 15) is 14.0 Å². The highest BCUT2D eigenvalue weighted by Gasteiger charge is 2.28. The topological polar surface area (TPSA) is 95.4 Å². The van der Waals surface area contributed by atoms with Gasteiger partial charge in [0.25, 0.3) is 6.43 Å². The molecule has 0 N–H and O–H groups in total. The van der Waals surface area contributed by atoms with Crippen molar-refractivity contribution < 1.29 is 8.78 Å². The maximum Gasteiger partial charge on any atom is 0.299 e. The van der Waals surface area contributed by atoms with Crippen LogP contribution in [0.5, 0.6) is 0 Å². The number of alkyl halides is 2. The molecule has 0 aromatic carbocycles. The predicted octanol–water partition coefficient (Wildman–Crippen LogP) is 3.09. The molecule has 0 saturated heterocycles. The number of anilines is 1. The van der Waals surface area contributed by atoms with E-state index in [2.05, 4.69) is 31.2 Å². The summed E-state index contributed by atoms with van der Waals surface area (Å²) < 4.78 is 27.4. The minimum absolute atomic E-state index is 0.0833. The Balaban J connectivity index is 1.70. The smallest absolute Gasteiger partial charge is 0.243 e. The van der Waals surface area contributed by atoms with Gasteiger partial charge >= 0.3 is 0 Å². The van der Waals surface area contributed by atoms with Crippen molar-refractivity contribution in [3.05, 3.63) is 47.3 Å². The van der Waals surface area contributed by atoms with E-state index in [4.69, 9.17) is 0 Å². The average Bonchev–Trinajstić information content (AvgIpc) is 3.37. The van der Waals surface area contributed by atoms with Crippen LogP contribution in [0.15, 0.2) is 29.8 Å². The first-order valence-electron chi connectivity index (χ1n) is 9.30. The van der Waals surface area contributed by atoms with Crippen LogP contribution in [0, 0.1) is 11.3 Å². The van der Waals surface area contributed by atoms with Gasteiger partial charge in [-0.05, 0) is 18.6 Å². The Morgan fingerprint density at radius 3 is 2.97 bits per heavy atom. The number of fused-ring (bicyclic) bond motifs is 1. The van der Waals surface area contributed by atoms with Gasteiger partial charge in [-0.1, -0.05) is 13.3 Å². The number of nitrogens with zero attached hydrogens (tertiary/aromatic N) is 8. The number of halogens is 2. The minimum atomic E-state index is -2.74. The summed E-state index contributed by atoms with van der Waals surface area (Å²) in [5.41, 5.74) is 2.42. The van der Waals surface area contributed by atoms with E-state index in [0.29, 0.717) is 36.3 Å². The lowest BCUT2D eigenvalue weighted by Gasteiger charge is -2.24. The number of aryl methyl sites for hydroxylation is 1. The van der Waals surface area contributed by atoms with Gasteiger partial charge in [-0.15, -0.1) is 5.10 Å². The van der Waals surface area contributed by atoms with Crippen molar-refractivity contribution in [2.45, 2.75) is 45.1 Å². The number of hydrogen-bond acceptors (Lipinski definition) is 7. The van der Waals surface area contributed by atoms with Crippen LogP contribution in [-0.4, -0.2) is 36.8 Å². The van der Waals surface area contributed by atoms with Crippen molar-refractivity contribution in [2.24, 2.45) is 5.10 Å². The van der Waals surface area contributed by atoms with Crippen LogP contribution in [0.1, 0.15) is 48.8 Å². The molecule has 0 fully saturated rings. The second-order valence-corrected chi connectivity index (χ2v) is 6.68. The molecule has 1 atom stereocenters. The highest BCUT2D eigenvalue weighted by molar-refractivity contribution is 5.68. The summed E-state index contributed by atoms with van der Waals surface area (Å²) in [7, 11) is 0. The summed E-state index contributed by atoms with van der Waals surface area (Å²) in [4.78, 5) is 12.8. The lowest BCUT2D eigenvalue weighted by Crippen LogP contribution is -2.30. The van der Waals surface area contributed by atoms with E-state index in [0.717, 1.165) is 17.7 Å². The van der Waals surface area contributed by atoms with Crippen LogP contribution < -0.4 is 5.01 Å². The Morgan fingerprint density at radius 1 is 1.34 bits per heavy atom. The molecule has 3 aromatic rings. The lowest BCUT2D eigenvalue weighted by atomic mass is 10.0. The van der Waals surface area contributed by atoms with Crippen LogP contribution in [0.3, 0.4) is 0 Å². The molecule has 29 heavy (non-hydrogen) atoms. The first-order valence-corrected chi connectivity index (χ1v) is 9.30. The third-order valence-electron chi connectivity index (χ3n) is 4.77. The van der Waals surface area contributed by atoms with Crippen molar-refractivity contribution in [1.29, 1.82) is 5.26 Å². The maximum absolute atomic E-state index is 13.0. The Bertz CT molecular complexity index is 1100. The van der Waals surface area contributed by atoms with Crippen LogP contribution in [0.2, 0.25) is 0 Å². The monoisotopic (exact) mass is 396 g/mol. The highest BCUT2D eigenvalue weighted by atomic mass is 19.3. The molecular weight excluding hydrogens is 378 g/mol. The molecule has 0 radical (unpaired) electrons. The summed E-state index contributed by atoms with van der Waals surface area (Å²) >= 11 is 0. The standard InChI is InChI=1S/C19H18F2N8/c1-2-4-14-15(24-11-28-19(14)26-17(27-28)16(20)21)9-13-6-8-25-29(13)18-12(10-22)5-3-7-23-18/h3,5,7-8,11,13,16H,2,4,6,9H2,1H3. The normalized spacial score (nSPS) is 16.1. The van der Waals surface area contributed by atoms with Gasteiger partial charge in [0.15, 0.2) is 11.5 Å². The molecule has 4 rings (SSSR count). The van der Waals surface area contributed by atoms with E-state index in [-0.39, 0.29) is 6.04 Å². The molecule has 10 heteroatoms. The number of nitriles is 1. The summed E-state index contributed by atoms with van der Waals surface area (Å²) in [5, 5.41) is 19.3. The van der Waals surface area contributed by atoms with E-state index in [1.54, 1.807) is 29.6 Å². The fourth-order valence-electron chi connectivity index (χ4n) is 3.47. The average molecular weight is 396 g/mol. The number of rotatable bonds is 6. The number of hydrazone groups is 1. The largest absolute Gasteiger partial charge is 0.299 e. The van der Waals surface area contributed by atoms with E-state index < -0.39 is 12.2 Å². The summed E-state index contributed by atoms with van der Waals surface area (Å²) in [6.45, 7) is 2.01. The molecule has 1 aliphatic heterocycles. The molecule has 3 aromatic heterocycles. The molecule has 8 nitrogen and oxygen atoms in total. The quantitative estimate of drug-likeness (QED) is 0.635. The molecule has 1 unspecified atom stereocenters. The molecule has 1 aliphatic rings. The molecular formula is C19H18F2N8. The molecule has 4 heterocycles. The maximum atomic E-state index is 13.0. The van der Waals surface area contributed by atoms with Gasteiger partial charge in [-0.25, -0.2) is 33.3 Å². The van der Waals surface area contributed by atoms with Gasteiger partial charge < -0.3 is 0 Å². The zero-order chi connectivity index (χ0) is 20.4. The molecule has 0 saturated carbocycles. The molecule has 148 valence electrons. The van der Waals surface area contributed by atoms with Gasteiger partial charge in [0.05, 0.1) is 17.3 Å². The molecule has 0 bridgehead atoms. The third kappa shape index (κ3) is 3.51. The summed E-state index contributed by atoms with van der Waals surface area (Å²) in [5.74, 6) is -0.00592. The Morgan fingerprint density at radius 2 is 2.21 bits per heavy atom. The number of pyridine rings is 1.